The summed E-state index contributed by atoms with van der Waals surface area (Å²) >= 11 is 2.81. The molecule has 4 heterocycles. The number of nitrogens with zero attached hydrogens (tertiary/aromatic N) is 2. The molecule has 0 saturated carbocycles. The van der Waals surface area contributed by atoms with Gasteiger partial charge in [0.25, 0.3) is 10.0 Å². The van der Waals surface area contributed by atoms with Gasteiger partial charge in [-0.2, -0.15) is 4.31 Å². The fraction of sp³-hybridized carbons (Fsp3) is 0.350. The smallest absolute Gasteiger partial charge is 0.252 e. The zero-order valence-electron chi connectivity index (χ0n) is 15.8. The van der Waals surface area contributed by atoms with Crippen molar-refractivity contribution >= 4 is 38.6 Å². The van der Waals surface area contributed by atoms with Crippen molar-refractivity contribution in [2.45, 2.75) is 30.1 Å². The molecule has 3 aromatic rings. The summed E-state index contributed by atoms with van der Waals surface area (Å²) in [4.78, 5) is 16.2. The zero-order chi connectivity index (χ0) is 20.3. The Morgan fingerprint density at radius 1 is 1.14 bits per heavy atom. The number of rotatable bonds is 7. The first-order valence-electron chi connectivity index (χ1n) is 9.41. The number of piperidine rings is 1. The van der Waals surface area contributed by atoms with Crippen molar-refractivity contribution in [2.75, 3.05) is 13.1 Å². The van der Waals surface area contributed by atoms with Crippen LogP contribution in [0.1, 0.15) is 23.5 Å². The third-order valence-electron chi connectivity index (χ3n) is 4.99. The van der Waals surface area contributed by atoms with Crippen LogP contribution < -0.4 is 0 Å². The van der Waals surface area contributed by atoms with Crippen molar-refractivity contribution < 1.29 is 17.6 Å². The molecule has 1 saturated heterocycles. The Kier molecular flexibility index (Phi) is 6.19. The standard InChI is InChI=1S/C20H22N2O4S3/c23-20(21(14-17-6-2-10-26-17)15-18-7-3-11-27-18)16-5-1-9-22(13-16)29(24,25)19-8-4-12-28-19/h2-4,6-8,10-12,16H,1,5,9,13-15H2/t16-/m0/s1. The second kappa shape index (κ2) is 8.83. The zero-order valence-corrected chi connectivity index (χ0v) is 18.2. The monoisotopic (exact) mass is 450 g/mol. The molecule has 29 heavy (non-hydrogen) atoms. The molecule has 1 aliphatic heterocycles. The lowest BCUT2D eigenvalue weighted by Gasteiger charge is -2.33. The summed E-state index contributed by atoms with van der Waals surface area (Å²) in [6.07, 6.45) is 2.96. The second-order valence-electron chi connectivity index (χ2n) is 6.99. The summed E-state index contributed by atoms with van der Waals surface area (Å²) in [5, 5.41) is 3.74. The Labute approximate surface area is 178 Å². The van der Waals surface area contributed by atoms with Crippen molar-refractivity contribution in [1.29, 1.82) is 0 Å². The van der Waals surface area contributed by atoms with Crippen LogP contribution in [0.3, 0.4) is 0 Å². The molecule has 154 valence electrons. The molecule has 0 N–H and O–H groups in total. The van der Waals surface area contributed by atoms with Gasteiger partial charge in [0.05, 0.1) is 25.3 Å². The van der Waals surface area contributed by atoms with Crippen molar-refractivity contribution in [3.05, 3.63) is 64.1 Å². The Bertz CT molecular complexity index is 976. The van der Waals surface area contributed by atoms with Crippen LogP contribution in [0, 0.1) is 5.92 Å². The van der Waals surface area contributed by atoms with Crippen LogP contribution in [0.25, 0.3) is 0 Å². The maximum Gasteiger partial charge on any atom is 0.252 e. The minimum atomic E-state index is -3.55. The molecule has 3 aromatic heterocycles. The van der Waals surface area contributed by atoms with E-state index >= 15 is 0 Å². The van der Waals surface area contributed by atoms with Gasteiger partial charge in [0.1, 0.15) is 9.97 Å². The van der Waals surface area contributed by atoms with Gasteiger partial charge in [0.2, 0.25) is 5.91 Å². The predicted octanol–water partition coefficient (Wildman–Crippen LogP) is 4.03. The summed E-state index contributed by atoms with van der Waals surface area (Å²) in [5.41, 5.74) is 0. The van der Waals surface area contributed by atoms with E-state index in [4.69, 9.17) is 4.42 Å². The summed E-state index contributed by atoms with van der Waals surface area (Å²) in [5.74, 6) is 0.336. The maximum atomic E-state index is 13.4. The van der Waals surface area contributed by atoms with Crippen LogP contribution in [-0.2, 0) is 27.9 Å². The molecule has 0 spiro atoms. The van der Waals surface area contributed by atoms with Crippen LogP contribution in [0.4, 0.5) is 0 Å². The van der Waals surface area contributed by atoms with Gasteiger partial charge in [-0.25, -0.2) is 8.42 Å². The third-order valence-corrected chi connectivity index (χ3v) is 9.09. The minimum Gasteiger partial charge on any atom is -0.467 e. The summed E-state index contributed by atoms with van der Waals surface area (Å²) in [6.45, 7) is 1.54. The topological polar surface area (TPSA) is 70.8 Å². The lowest BCUT2D eigenvalue weighted by atomic mass is 9.98. The van der Waals surface area contributed by atoms with Gasteiger partial charge in [-0.15, -0.1) is 22.7 Å². The first-order valence-corrected chi connectivity index (χ1v) is 12.6. The van der Waals surface area contributed by atoms with E-state index < -0.39 is 10.0 Å². The van der Waals surface area contributed by atoms with Gasteiger partial charge >= 0.3 is 0 Å². The van der Waals surface area contributed by atoms with Crippen molar-refractivity contribution in [3.8, 4) is 0 Å². The van der Waals surface area contributed by atoms with Gasteiger partial charge in [0.15, 0.2) is 0 Å². The number of hydrogen-bond donors (Lipinski definition) is 0. The quantitative estimate of drug-likeness (QED) is 0.545. The highest BCUT2D eigenvalue weighted by Gasteiger charge is 2.35. The first kappa shape index (κ1) is 20.3. The van der Waals surface area contributed by atoms with Crippen LogP contribution in [0.5, 0.6) is 0 Å². The van der Waals surface area contributed by atoms with Gasteiger partial charge in [-0.1, -0.05) is 12.1 Å². The second-order valence-corrected chi connectivity index (χ2v) is 11.1. The summed E-state index contributed by atoms with van der Waals surface area (Å²) in [6, 6.07) is 11.0. The summed E-state index contributed by atoms with van der Waals surface area (Å²) < 4.78 is 33.0. The highest BCUT2D eigenvalue weighted by molar-refractivity contribution is 7.91. The van der Waals surface area contributed by atoms with E-state index in [0.717, 1.165) is 4.88 Å². The molecule has 6 nitrogen and oxygen atoms in total. The SMILES string of the molecule is O=C([C@H]1CCCN(S(=O)(=O)c2cccs2)C1)N(Cc1ccco1)Cc1cccs1. The Balaban J connectivity index is 1.51. The number of sulfonamides is 1. The average Bonchev–Trinajstić information content (AvgIpc) is 3.50. The van der Waals surface area contributed by atoms with Gasteiger partial charge < -0.3 is 9.32 Å². The number of furan rings is 1. The van der Waals surface area contributed by atoms with Crippen LogP contribution in [-0.4, -0.2) is 36.6 Å². The van der Waals surface area contributed by atoms with Crippen LogP contribution in [0.15, 0.2) is 62.0 Å². The molecular formula is C20H22N2O4S3. The molecule has 0 aliphatic carbocycles. The molecule has 4 rings (SSSR count). The van der Waals surface area contributed by atoms with Crippen molar-refractivity contribution in [1.82, 2.24) is 9.21 Å². The van der Waals surface area contributed by atoms with Gasteiger partial charge in [0, 0.05) is 18.0 Å². The first-order chi connectivity index (χ1) is 14.0. The van der Waals surface area contributed by atoms with Crippen LogP contribution in [0.2, 0.25) is 0 Å². The van der Waals surface area contributed by atoms with E-state index in [0.29, 0.717) is 42.4 Å². The van der Waals surface area contributed by atoms with Crippen LogP contribution >= 0.6 is 22.7 Å². The molecule has 1 amide bonds. The van der Waals surface area contributed by atoms with Gasteiger partial charge in [-0.05, 0) is 47.9 Å². The summed E-state index contributed by atoms with van der Waals surface area (Å²) in [7, 11) is -3.55. The lowest BCUT2D eigenvalue weighted by molar-refractivity contribution is -0.138. The normalized spacial score (nSPS) is 18.0. The number of carbonyl (C=O) groups excluding carboxylic acids is 1. The molecule has 0 unspecified atom stereocenters. The molecule has 1 aliphatic rings. The number of hydrogen-bond acceptors (Lipinski definition) is 6. The Morgan fingerprint density at radius 2 is 1.97 bits per heavy atom. The fourth-order valence-electron chi connectivity index (χ4n) is 3.55. The molecule has 0 aromatic carbocycles. The van der Waals surface area contributed by atoms with E-state index in [-0.39, 0.29) is 18.4 Å². The van der Waals surface area contributed by atoms with Crippen molar-refractivity contribution in [2.24, 2.45) is 5.92 Å². The third kappa shape index (κ3) is 4.63. The number of carbonyl (C=O) groups is 1. The molecular weight excluding hydrogens is 428 g/mol. The number of amides is 1. The molecule has 0 radical (unpaired) electrons. The van der Waals surface area contributed by atoms with Crippen molar-refractivity contribution in [3.63, 3.8) is 0 Å². The van der Waals surface area contributed by atoms with E-state index in [2.05, 4.69) is 0 Å². The lowest BCUT2D eigenvalue weighted by Crippen LogP contribution is -2.46. The average molecular weight is 451 g/mol. The van der Waals surface area contributed by atoms with E-state index in [1.165, 1.54) is 15.6 Å². The number of thiophene rings is 2. The predicted molar refractivity (Wildman–Crippen MR) is 113 cm³/mol. The molecule has 0 bridgehead atoms. The highest BCUT2D eigenvalue weighted by Crippen LogP contribution is 2.28. The van der Waals surface area contributed by atoms with E-state index in [1.807, 2.05) is 23.6 Å². The molecule has 1 atom stereocenters. The fourth-order valence-corrected chi connectivity index (χ4v) is 6.94. The Hall–Kier alpha value is -1.94. The maximum absolute atomic E-state index is 13.4. The molecule has 1 fully saturated rings. The molecule has 9 heteroatoms. The highest BCUT2D eigenvalue weighted by atomic mass is 32.2. The minimum absolute atomic E-state index is 0.0270. The van der Waals surface area contributed by atoms with Gasteiger partial charge in [-0.3, -0.25) is 4.79 Å². The van der Waals surface area contributed by atoms with E-state index in [9.17, 15) is 13.2 Å². The Morgan fingerprint density at radius 3 is 2.66 bits per heavy atom. The largest absolute Gasteiger partial charge is 0.467 e. The van der Waals surface area contributed by atoms with E-state index in [1.54, 1.807) is 46.1 Å².